The first kappa shape index (κ1) is 10.2. The predicted molar refractivity (Wildman–Crippen MR) is 63.8 cm³/mol. The summed E-state index contributed by atoms with van der Waals surface area (Å²) in [5, 5.41) is 9.40. The highest BCUT2D eigenvalue weighted by molar-refractivity contribution is 9.10. The third-order valence-corrected chi connectivity index (χ3v) is 2.93. The zero-order valence-corrected chi connectivity index (χ0v) is 9.82. The van der Waals surface area contributed by atoms with Gasteiger partial charge in [0, 0.05) is 18.0 Å². The molecule has 0 unspecified atom stereocenters. The number of aryl methyl sites for hydroxylation is 1. The lowest BCUT2D eigenvalue weighted by Crippen LogP contribution is -1.84. The number of hydrogen-bond acceptors (Lipinski definition) is 2. The molecule has 2 rings (SSSR count). The molecule has 0 fully saturated rings. The average molecular weight is 264 g/mol. The Labute approximate surface area is 96.7 Å². The monoisotopic (exact) mass is 263 g/mol. The highest BCUT2D eigenvalue weighted by Crippen LogP contribution is 2.30. The molecule has 0 spiro atoms. The molecule has 0 aliphatic heterocycles. The van der Waals surface area contributed by atoms with Crippen LogP contribution in [-0.2, 0) is 0 Å². The van der Waals surface area contributed by atoms with Gasteiger partial charge in [-0.2, -0.15) is 0 Å². The number of aromatic hydroxyl groups is 1. The van der Waals surface area contributed by atoms with E-state index in [1.165, 1.54) is 5.56 Å². The largest absolute Gasteiger partial charge is 0.507 e. The van der Waals surface area contributed by atoms with Crippen LogP contribution in [0.4, 0.5) is 0 Å². The second-order valence-corrected chi connectivity index (χ2v) is 4.21. The normalized spacial score (nSPS) is 10.3. The third kappa shape index (κ3) is 2.02. The van der Waals surface area contributed by atoms with Crippen molar-refractivity contribution in [1.82, 2.24) is 4.98 Å². The van der Waals surface area contributed by atoms with E-state index in [9.17, 15) is 5.11 Å². The maximum atomic E-state index is 9.40. The summed E-state index contributed by atoms with van der Waals surface area (Å²) < 4.78 is 0.697. The van der Waals surface area contributed by atoms with Crippen LogP contribution in [0.1, 0.15) is 5.56 Å². The van der Waals surface area contributed by atoms with Gasteiger partial charge in [-0.25, -0.2) is 0 Å². The standard InChI is InChI=1S/C12H10BrNO/c1-8-4-5-14-7-10(8)9-2-3-12(15)11(13)6-9/h2-7,15H,1H3. The van der Waals surface area contributed by atoms with Gasteiger partial charge < -0.3 is 5.11 Å². The van der Waals surface area contributed by atoms with Gasteiger partial charge in [-0.1, -0.05) is 6.07 Å². The molecule has 0 saturated carbocycles. The van der Waals surface area contributed by atoms with Crippen LogP contribution in [0.2, 0.25) is 0 Å². The van der Waals surface area contributed by atoms with Crippen LogP contribution in [0.5, 0.6) is 5.75 Å². The molecule has 2 nitrogen and oxygen atoms in total. The number of hydrogen-bond donors (Lipinski definition) is 1. The molecule has 0 aliphatic carbocycles. The number of phenols is 1. The summed E-state index contributed by atoms with van der Waals surface area (Å²) in [5.41, 5.74) is 3.30. The number of halogens is 1. The van der Waals surface area contributed by atoms with Gasteiger partial charge in [0.1, 0.15) is 5.75 Å². The van der Waals surface area contributed by atoms with E-state index < -0.39 is 0 Å². The van der Waals surface area contributed by atoms with Crippen molar-refractivity contribution in [3.8, 4) is 16.9 Å². The first-order valence-corrected chi connectivity index (χ1v) is 5.37. The van der Waals surface area contributed by atoms with E-state index in [0.717, 1.165) is 11.1 Å². The fourth-order valence-corrected chi connectivity index (χ4v) is 1.82. The Morgan fingerprint density at radius 3 is 2.73 bits per heavy atom. The molecule has 0 saturated heterocycles. The zero-order valence-electron chi connectivity index (χ0n) is 8.24. The quantitative estimate of drug-likeness (QED) is 0.854. The Kier molecular flexibility index (Phi) is 2.73. The van der Waals surface area contributed by atoms with Gasteiger partial charge in [-0.05, 0) is 52.2 Å². The van der Waals surface area contributed by atoms with E-state index in [1.54, 1.807) is 12.3 Å². The van der Waals surface area contributed by atoms with Gasteiger partial charge in [0.15, 0.2) is 0 Å². The summed E-state index contributed by atoms with van der Waals surface area (Å²) in [6, 6.07) is 7.41. The Morgan fingerprint density at radius 1 is 1.27 bits per heavy atom. The molecule has 0 atom stereocenters. The van der Waals surface area contributed by atoms with Crippen molar-refractivity contribution in [2.45, 2.75) is 6.92 Å². The number of pyridine rings is 1. The zero-order chi connectivity index (χ0) is 10.8. The number of aromatic nitrogens is 1. The minimum atomic E-state index is 0.250. The van der Waals surface area contributed by atoms with Crippen LogP contribution in [0.15, 0.2) is 41.1 Å². The number of phenolic OH excluding ortho intramolecular Hbond substituents is 1. The molecule has 76 valence electrons. The van der Waals surface area contributed by atoms with Crippen molar-refractivity contribution in [2.75, 3.05) is 0 Å². The molecule has 3 heteroatoms. The van der Waals surface area contributed by atoms with E-state index in [2.05, 4.69) is 20.9 Å². The summed E-state index contributed by atoms with van der Waals surface area (Å²) in [6.45, 7) is 2.04. The highest BCUT2D eigenvalue weighted by Gasteiger charge is 2.04. The van der Waals surface area contributed by atoms with Crippen LogP contribution in [-0.4, -0.2) is 10.1 Å². The van der Waals surface area contributed by atoms with Crippen LogP contribution >= 0.6 is 15.9 Å². The Hall–Kier alpha value is -1.35. The van der Waals surface area contributed by atoms with Crippen molar-refractivity contribution < 1.29 is 5.11 Å². The second-order valence-electron chi connectivity index (χ2n) is 3.36. The molecule has 0 radical (unpaired) electrons. The van der Waals surface area contributed by atoms with Crippen LogP contribution < -0.4 is 0 Å². The maximum absolute atomic E-state index is 9.40. The fraction of sp³-hybridized carbons (Fsp3) is 0.0833. The molecule has 2 aromatic rings. The highest BCUT2D eigenvalue weighted by atomic mass is 79.9. The molecule has 0 bridgehead atoms. The maximum Gasteiger partial charge on any atom is 0.129 e. The summed E-state index contributed by atoms with van der Waals surface area (Å²) in [5.74, 6) is 0.250. The van der Waals surface area contributed by atoms with Gasteiger partial charge in [-0.15, -0.1) is 0 Å². The number of benzene rings is 1. The molecule has 15 heavy (non-hydrogen) atoms. The SMILES string of the molecule is Cc1ccncc1-c1ccc(O)c(Br)c1. The Balaban J connectivity index is 2.55. The van der Waals surface area contributed by atoms with E-state index in [0.29, 0.717) is 4.47 Å². The lowest BCUT2D eigenvalue weighted by atomic mass is 10.0. The van der Waals surface area contributed by atoms with Crippen LogP contribution in [0.25, 0.3) is 11.1 Å². The summed E-state index contributed by atoms with van der Waals surface area (Å²) in [4.78, 5) is 4.10. The topological polar surface area (TPSA) is 33.1 Å². The average Bonchev–Trinajstić information content (AvgIpc) is 2.23. The first-order chi connectivity index (χ1) is 7.18. The molecule has 1 N–H and O–H groups in total. The van der Waals surface area contributed by atoms with E-state index in [4.69, 9.17) is 0 Å². The van der Waals surface area contributed by atoms with Crippen LogP contribution in [0, 0.1) is 6.92 Å². The fourth-order valence-electron chi connectivity index (χ4n) is 1.44. The van der Waals surface area contributed by atoms with E-state index in [-0.39, 0.29) is 5.75 Å². The van der Waals surface area contributed by atoms with Gasteiger partial charge in [0.05, 0.1) is 4.47 Å². The molecule has 1 heterocycles. The Bertz CT molecular complexity index is 497. The van der Waals surface area contributed by atoms with Gasteiger partial charge in [-0.3, -0.25) is 4.98 Å². The molecule has 1 aromatic heterocycles. The minimum Gasteiger partial charge on any atom is -0.507 e. The third-order valence-electron chi connectivity index (χ3n) is 2.30. The second kappa shape index (κ2) is 4.03. The Morgan fingerprint density at radius 2 is 2.07 bits per heavy atom. The number of rotatable bonds is 1. The van der Waals surface area contributed by atoms with Crippen molar-refractivity contribution in [2.24, 2.45) is 0 Å². The lowest BCUT2D eigenvalue weighted by Gasteiger charge is -2.06. The number of nitrogens with zero attached hydrogens (tertiary/aromatic N) is 1. The molecular weight excluding hydrogens is 254 g/mol. The van der Waals surface area contributed by atoms with Crippen LogP contribution in [0.3, 0.4) is 0 Å². The van der Waals surface area contributed by atoms with Gasteiger partial charge >= 0.3 is 0 Å². The molecule has 0 aliphatic rings. The molecule has 1 aromatic carbocycles. The first-order valence-electron chi connectivity index (χ1n) is 4.58. The smallest absolute Gasteiger partial charge is 0.129 e. The molecular formula is C12H10BrNO. The lowest BCUT2D eigenvalue weighted by molar-refractivity contribution is 0.472. The minimum absolute atomic E-state index is 0.250. The van der Waals surface area contributed by atoms with E-state index >= 15 is 0 Å². The summed E-state index contributed by atoms with van der Waals surface area (Å²) in [6.07, 6.45) is 3.60. The van der Waals surface area contributed by atoms with E-state index in [1.807, 2.05) is 31.3 Å². The summed E-state index contributed by atoms with van der Waals surface area (Å²) >= 11 is 3.30. The van der Waals surface area contributed by atoms with Gasteiger partial charge in [0.25, 0.3) is 0 Å². The van der Waals surface area contributed by atoms with Crippen molar-refractivity contribution in [3.05, 3.63) is 46.7 Å². The molecule has 0 amide bonds. The van der Waals surface area contributed by atoms with Crippen molar-refractivity contribution >= 4 is 15.9 Å². The summed E-state index contributed by atoms with van der Waals surface area (Å²) in [7, 11) is 0. The van der Waals surface area contributed by atoms with Gasteiger partial charge in [0.2, 0.25) is 0 Å². The predicted octanol–water partition coefficient (Wildman–Crippen LogP) is 3.53. The van der Waals surface area contributed by atoms with Crippen molar-refractivity contribution in [3.63, 3.8) is 0 Å². The van der Waals surface area contributed by atoms with Crippen molar-refractivity contribution in [1.29, 1.82) is 0 Å².